The maximum atomic E-state index is 13.5. The summed E-state index contributed by atoms with van der Waals surface area (Å²) in [5.74, 6) is -3.32. The Hall–Kier alpha value is -2.85. The van der Waals surface area contributed by atoms with E-state index in [1.807, 2.05) is 0 Å². The lowest BCUT2D eigenvalue weighted by molar-refractivity contribution is -0.120. The van der Waals surface area contributed by atoms with Crippen molar-refractivity contribution in [3.05, 3.63) is 64.7 Å². The van der Waals surface area contributed by atoms with Crippen LogP contribution >= 0.6 is 0 Å². The third-order valence-electron chi connectivity index (χ3n) is 3.96. The van der Waals surface area contributed by atoms with Crippen LogP contribution in [0, 0.1) is 25.5 Å². The molecule has 0 fully saturated rings. The number of carbonyl (C=O) groups excluding carboxylic acids is 2. The highest BCUT2D eigenvalue weighted by Crippen LogP contribution is 2.16. The van der Waals surface area contributed by atoms with Crippen LogP contribution in [0.3, 0.4) is 0 Å². The molecule has 0 saturated heterocycles. The van der Waals surface area contributed by atoms with E-state index in [0.29, 0.717) is 11.6 Å². The lowest BCUT2D eigenvalue weighted by atomic mass is 10.2. The number of amides is 2. The first-order chi connectivity index (χ1) is 13.6. The molecule has 0 bridgehead atoms. The van der Waals surface area contributed by atoms with Gasteiger partial charge in [0.15, 0.2) is 0 Å². The van der Waals surface area contributed by atoms with Crippen molar-refractivity contribution in [3.8, 4) is 0 Å². The van der Waals surface area contributed by atoms with E-state index in [-0.39, 0.29) is 23.5 Å². The summed E-state index contributed by atoms with van der Waals surface area (Å²) in [6.07, 6.45) is 0. The van der Waals surface area contributed by atoms with E-state index in [9.17, 15) is 26.8 Å². The van der Waals surface area contributed by atoms with Gasteiger partial charge in [-0.25, -0.2) is 21.9 Å². The van der Waals surface area contributed by atoms with Crippen LogP contribution in [0.15, 0.2) is 41.3 Å². The number of rotatable bonds is 8. The summed E-state index contributed by atoms with van der Waals surface area (Å²) < 4.78 is 53.4. The first-order valence-electron chi connectivity index (χ1n) is 8.67. The quantitative estimate of drug-likeness (QED) is 0.556. The molecule has 3 N–H and O–H groups in total. The van der Waals surface area contributed by atoms with Crippen LogP contribution in [-0.2, 0) is 14.8 Å². The van der Waals surface area contributed by atoms with Crippen LogP contribution in [-0.4, -0.2) is 39.9 Å². The SMILES string of the molecule is Cc1ccc(C)c(S(=O)(=O)NCCNC(=O)CNC(=O)c2ccc(F)cc2F)c1. The van der Waals surface area contributed by atoms with E-state index < -0.39 is 40.0 Å². The van der Waals surface area contributed by atoms with Crippen LogP contribution < -0.4 is 15.4 Å². The number of hydrogen-bond acceptors (Lipinski definition) is 4. The number of aryl methyl sites for hydroxylation is 2. The van der Waals surface area contributed by atoms with Gasteiger partial charge in [-0.3, -0.25) is 9.59 Å². The second-order valence-corrected chi connectivity index (χ2v) is 8.06. The number of sulfonamides is 1. The molecule has 2 aromatic carbocycles. The molecule has 0 aromatic heterocycles. The molecule has 2 rings (SSSR count). The zero-order valence-corrected chi connectivity index (χ0v) is 16.7. The molecular formula is C19H21F2N3O4S. The Labute approximate surface area is 167 Å². The Morgan fingerprint density at radius 3 is 2.38 bits per heavy atom. The maximum Gasteiger partial charge on any atom is 0.254 e. The summed E-state index contributed by atoms with van der Waals surface area (Å²) in [6.45, 7) is 2.96. The molecule has 0 unspecified atom stereocenters. The number of halogens is 2. The van der Waals surface area contributed by atoms with Crippen molar-refractivity contribution in [1.82, 2.24) is 15.4 Å². The van der Waals surface area contributed by atoms with Gasteiger partial charge in [-0.1, -0.05) is 12.1 Å². The molecule has 0 aliphatic rings. The topological polar surface area (TPSA) is 104 Å². The average molecular weight is 425 g/mol. The van der Waals surface area contributed by atoms with E-state index in [1.165, 1.54) is 0 Å². The van der Waals surface area contributed by atoms with Crippen LogP contribution in [0.5, 0.6) is 0 Å². The highest BCUT2D eigenvalue weighted by Gasteiger charge is 2.17. The first-order valence-corrected chi connectivity index (χ1v) is 10.2. The monoisotopic (exact) mass is 425 g/mol. The lowest BCUT2D eigenvalue weighted by Gasteiger charge is -2.11. The average Bonchev–Trinajstić information content (AvgIpc) is 2.65. The van der Waals surface area contributed by atoms with Crippen molar-refractivity contribution in [2.75, 3.05) is 19.6 Å². The Morgan fingerprint density at radius 2 is 1.69 bits per heavy atom. The van der Waals surface area contributed by atoms with E-state index in [2.05, 4.69) is 15.4 Å². The van der Waals surface area contributed by atoms with Crippen molar-refractivity contribution in [3.63, 3.8) is 0 Å². The summed E-state index contributed by atoms with van der Waals surface area (Å²) >= 11 is 0. The van der Waals surface area contributed by atoms with E-state index in [4.69, 9.17) is 0 Å². The number of nitrogens with one attached hydrogen (secondary N) is 3. The third-order valence-corrected chi connectivity index (χ3v) is 5.56. The standard InChI is InChI=1S/C19H21F2N3O4S/c1-12-3-4-13(2)17(9-12)29(27,28)24-8-7-22-18(25)11-23-19(26)15-6-5-14(20)10-16(15)21/h3-6,9-10,24H,7-8,11H2,1-2H3,(H,22,25)(H,23,26). The van der Waals surface area contributed by atoms with Crippen LogP contribution in [0.2, 0.25) is 0 Å². The predicted octanol–water partition coefficient (Wildman–Crippen LogP) is 1.41. The van der Waals surface area contributed by atoms with Gasteiger partial charge in [-0.2, -0.15) is 0 Å². The van der Waals surface area contributed by atoms with Gasteiger partial charge in [0.2, 0.25) is 15.9 Å². The molecule has 156 valence electrons. The molecule has 0 aliphatic carbocycles. The Kier molecular flexibility index (Phi) is 7.40. The zero-order chi connectivity index (χ0) is 21.6. The van der Waals surface area contributed by atoms with Gasteiger partial charge in [0.05, 0.1) is 17.0 Å². The fourth-order valence-corrected chi connectivity index (χ4v) is 3.81. The molecular weight excluding hydrogens is 404 g/mol. The predicted molar refractivity (Wildman–Crippen MR) is 103 cm³/mol. The van der Waals surface area contributed by atoms with Crippen LogP contribution in [0.25, 0.3) is 0 Å². The Balaban J connectivity index is 1.78. The molecule has 0 heterocycles. The molecule has 0 radical (unpaired) electrons. The molecule has 0 saturated carbocycles. The molecule has 0 atom stereocenters. The molecule has 2 amide bonds. The summed E-state index contributed by atoms with van der Waals surface area (Å²) in [5, 5.41) is 4.63. The number of hydrogen-bond donors (Lipinski definition) is 3. The van der Waals surface area contributed by atoms with Gasteiger partial charge >= 0.3 is 0 Å². The van der Waals surface area contributed by atoms with E-state index >= 15 is 0 Å². The zero-order valence-electron chi connectivity index (χ0n) is 15.9. The highest BCUT2D eigenvalue weighted by molar-refractivity contribution is 7.89. The molecule has 2 aromatic rings. The largest absolute Gasteiger partial charge is 0.353 e. The highest BCUT2D eigenvalue weighted by atomic mass is 32.2. The van der Waals surface area contributed by atoms with Gasteiger partial charge in [-0.05, 0) is 43.2 Å². The minimum Gasteiger partial charge on any atom is -0.353 e. The summed E-state index contributed by atoms with van der Waals surface area (Å²) in [6, 6.07) is 7.54. The number of carbonyl (C=O) groups is 2. The third kappa shape index (κ3) is 6.33. The normalized spacial score (nSPS) is 11.2. The number of benzene rings is 2. The lowest BCUT2D eigenvalue weighted by Crippen LogP contribution is -2.40. The smallest absolute Gasteiger partial charge is 0.254 e. The fraction of sp³-hybridized carbons (Fsp3) is 0.263. The van der Waals surface area contributed by atoms with Crippen LogP contribution in [0.4, 0.5) is 8.78 Å². The van der Waals surface area contributed by atoms with E-state index in [1.54, 1.807) is 32.0 Å². The molecule has 0 spiro atoms. The minimum atomic E-state index is -3.72. The van der Waals surface area contributed by atoms with Gasteiger partial charge < -0.3 is 10.6 Å². The molecule has 7 nitrogen and oxygen atoms in total. The fourth-order valence-electron chi connectivity index (χ4n) is 2.45. The van der Waals surface area contributed by atoms with Gasteiger partial charge in [0.1, 0.15) is 11.6 Å². The van der Waals surface area contributed by atoms with Gasteiger partial charge in [0.25, 0.3) is 5.91 Å². The summed E-state index contributed by atoms with van der Waals surface area (Å²) in [4.78, 5) is 23.7. The summed E-state index contributed by atoms with van der Waals surface area (Å²) in [7, 11) is -3.72. The van der Waals surface area contributed by atoms with Crippen molar-refractivity contribution >= 4 is 21.8 Å². The van der Waals surface area contributed by atoms with Crippen molar-refractivity contribution in [1.29, 1.82) is 0 Å². The summed E-state index contributed by atoms with van der Waals surface area (Å²) in [5.41, 5.74) is 1.01. The second-order valence-electron chi connectivity index (χ2n) is 6.32. The second kappa shape index (κ2) is 9.57. The van der Waals surface area contributed by atoms with Crippen LogP contribution in [0.1, 0.15) is 21.5 Å². The maximum absolute atomic E-state index is 13.5. The Bertz CT molecular complexity index is 1030. The van der Waals surface area contributed by atoms with Gasteiger partial charge in [-0.15, -0.1) is 0 Å². The van der Waals surface area contributed by atoms with Crippen molar-refractivity contribution < 1.29 is 26.8 Å². The minimum absolute atomic E-state index is 0.0102. The van der Waals surface area contributed by atoms with Crippen molar-refractivity contribution in [2.45, 2.75) is 18.7 Å². The molecule has 0 aliphatic heterocycles. The first kappa shape index (κ1) is 22.4. The Morgan fingerprint density at radius 1 is 0.966 bits per heavy atom. The van der Waals surface area contributed by atoms with Gasteiger partial charge in [0, 0.05) is 19.2 Å². The van der Waals surface area contributed by atoms with E-state index in [0.717, 1.165) is 17.7 Å². The van der Waals surface area contributed by atoms with Crippen molar-refractivity contribution in [2.24, 2.45) is 0 Å². The molecule has 29 heavy (non-hydrogen) atoms. The molecule has 10 heteroatoms.